The van der Waals surface area contributed by atoms with Crippen molar-refractivity contribution in [3.05, 3.63) is 42.1 Å². The maximum absolute atomic E-state index is 14.6. The first kappa shape index (κ1) is 28.4. The molecule has 0 spiro atoms. The fraction of sp³-hybridized carbons (Fsp3) is 0.722. The second-order valence-electron chi connectivity index (χ2n) is 16.8. The van der Waals surface area contributed by atoms with Gasteiger partial charge in [0.2, 0.25) is 11.7 Å². The van der Waals surface area contributed by atoms with E-state index in [9.17, 15) is 9.90 Å². The number of pyridine rings is 1. The highest BCUT2D eigenvalue weighted by atomic mass is 16.5. The molecule has 9 atom stereocenters. The molecule has 7 rings (SSSR count). The van der Waals surface area contributed by atoms with E-state index in [1.54, 1.807) is 12.4 Å². The standard InChI is InChI=1S/C36H49N3O3/c1-31(2)26-10-13-36(7)28(34(26,5)12-11-27(31)41)25(40)19-23-24-20-33(4,15-14-32(24,3)16-17-35(23,36)6)30-38-29(39-42-30)22-9-8-18-37-21-22/h8-9,18-19,21,24,26-28,41H,10-17,20H2,1-7H3/t24-,26-,27-,28+,32+,33-,34-,35+,36+/m0/s1. The van der Waals surface area contributed by atoms with E-state index in [0.29, 0.717) is 29.3 Å². The fourth-order valence-electron chi connectivity index (χ4n) is 11.4. The van der Waals surface area contributed by atoms with Gasteiger partial charge in [0.15, 0.2) is 5.78 Å². The fourth-order valence-corrected chi connectivity index (χ4v) is 11.4. The molecule has 0 radical (unpaired) electrons. The van der Waals surface area contributed by atoms with Gasteiger partial charge in [0.25, 0.3) is 0 Å². The number of ketones is 1. The average Bonchev–Trinajstić information content (AvgIpc) is 3.45. The molecule has 0 aliphatic heterocycles. The predicted octanol–water partition coefficient (Wildman–Crippen LogP) is 7.72. The zero-order valence-electron chi connectivity index (χ0n) is 26.7. The molecule has 2 aromatic heterocycles. The van der Waals surface area contributed by atoms with Gasteiger partial charge in [0.1, 0.15) is 0 Å². The quantitative estimate of drug-likeness (QED) is 0.397. The number of nitrogens with zero attached hydrogens (tertiary/aromatic N) is 3. The van der Waals surface area contributed by atoms with E-state index in [2.05, 4.69) is 64.7 Å². The average molecular weight is 572 g/mol. The van der Waals surface area contributed by atoms with Gasteiger partial charge in [-0.15, -0.1) is 0 Å². The van der Waals surface area contributed by atoms with Gasteiger partial charge in [0, 0.05) is 29.3 Å². The summed E-state index contributed by atoms with van der Waals surface area (Å²) in [5.74, 6) is 2.31. The van der Waals surface area contributed by atoms with Crippen molar-refractivity contribution in [2.24, 2.45) is 44.8 Å². The Morgan fingerprint density at radius 1 is 0.952 bits per heavy atom. The van der Waals surface area contributed by atoms with Crippen LogP contribution in [-0.4, -0.2) is 32.1 Å². The van der Waals surface area contributed by atoms with Crippen molar-refractivity contribution in [3.8, 4) is 11.4 Å². The predicted molar refractivity (Wildman–Crippen MR) is 162 cm³/mol. The summed E-state index contributed by atoms with van der Waals surface area (Å²) in [7, 11) is 0. The van der Waals surface area contributed by atoms with E-state index >= 15 is 0 Å². The highest BCUT2D eigenvalue weighted by molar-refractivity contribution is 5.95. The number of aliphatic hydroxyl groups is 1. The highest BCUT2D eigenvalue weighted by Crippen LogP contribution is 2.75. The third-order valence-electron chi connectivity index (χ3n) is 14.4. The number of hydrogen-bond acceptors (Lipinski definition) is 6. The first-order chi connectivity index (χ1) is 19.7. The zero-order chi connectivity index (χ0) is 29.9. The molecule has 0 saturated heterocycles. The maximum atomic E-state index is 14.6. The van der Waals surface area contributed by atoms with E-state index < -0.39 is 0 Å². The summed E-state index contributed by atoms with van der Waals surface area (Å²) >= 11 is 0. The number of allylic oxidation sites excluding steroid dienone is 2. The molecule has 4 fully saturated rings. The molecule has 6 heteroatoms. The van der Waals surface area contributed by atoms with Crippen LogP contribution in [0, 0.1) is 44.8 Å². The smallest absolute Gasteiger partial charge is 0.232 e. The Morgan fingerprint density at radius 3 is 2.45 bits per heavy atom. The van der Waals surface area contributed by atoms with Crippen molar-refractivity contribution in [1.82, 2.24) is 15.1 Å². The first-order valence-corrected chi connectivity index (χ1v) is 16.4. The molecule has 1 N–H and O–H groups in total. The number of aliphatic hydroxyl groups excluding tert-OH is 1. The van der Waals surface area contributed by atoms with E-state index in [1.165, 1.54) is 12.0 Å². The van der Waals surface area contributed by atoms with E-state index in [4.69, 9.17) is 9.51 Å². The second-order valence-corrected chi connectivity index (χ2v) is 16.8. The third kappa shape index (κ3) is 3.59. The topological polar surface area (TPSA) is 89.1 Å². The van der Waals surface area contributed by atoms with Crippen molar-refractivity contribution in [2.75, 3.05) is 0 Å². The number of aromatic nitrogens is 3. The van der Waals surface area contributed by atoms with Crippen molar-refractivity contribution in [3.63, 3.8) is 0 Å². The lowest BCUT2D eigenvalue weighted by Gasteiger charge is -2.70. The normalized spacial score (nSPS) is 46.1. The van der Waals surface area contributed by atoms with Crippen molar-refractivity contribution in [2.45, 2.75) is 118 Å². The molecule has 42 heavy (non-hydrogen) atoms. The van der Waals surface area contributed by atoms with E-state index in [1.807, 2.05) is 12.1 Å². The lowest BCUT2D eigenvalue weighted by Crippen LogP contribution is -2.66. The van der Waals surface area contributed by atoms with Crippen LogP contribution in [0.1, 0.15) is 112 Å². The number of carbonyl (C=O) groups is 1. The molecule has 4 saturated carbocycles. The van der Waals surface area contributed by atoms with Gasteiger partial charge in [-0.25, -0.2) is 0 Å². The van der Waals surface area contributed by atoms with E-state index in [0.717, 1.165) is 56.9 Å². The zero-order valence-corrected chi connectivity index (χ0v) is 26.7. The Bertz CT molecular complexity index is 1450. The molecule has 2 aromatic rings. The Labute approximate surface area is 251 Å². The van der Waals surface area contributed by atoms with Crippen molar-refractivity contribution < 1.29 is 14.4 Å². The first-order valence-electron chi connectivity index (χ1n) is 16.4. The van der Waals surface area contributed by atoms with Crippen LogP contribution >= 0.6 is 0 Å². The van der Waals surface area contributed by atoms with Gasteiger partial charge in [0.05, 0.1) is 6.10 Å². The van der Waals surface area contributed by atoms with Crippen LogP contribution in [0.5, 0.6) is 0 Å². The number of fused-ring (bicyclic) bond motifs is 7. The Balaban J connectivity index is 1.27. The highest BCUT2D eigenvalue weighted by Gasteiger charge is 2.70. The molecule has 5 aliphatic rings. The van der Waals surface area contributed by atoms with Crippen molar-refractivity contribution >= 4 is 5.78 Å². The van der Waals surface area contributed by atoms with Crippen LogP contribution in [0.4, 0.5) is 0 Å². The monoisotopic (exact) mass is 571 g/mol. The lowest BCUT2D eigenvalue weighted by atomic mass is 9.33. The number of rotatable bonds is 2. The summed E-state index contributed by atoms with van der Waals surface area (Å²) < 4.78 is 5.97. The summed E-state index contributed by atoms with van der Waals surface area (Å²) in [6.45, 7) is 16.6. The minimum absolute atomic E-state index is 0.00147. The molecule has 0 bridgehead atoms. The minimum Gasteiger partial charge on any atom is -0.393 e. The van der Waals surface area contributed by atoms with E-state index in [-0.39, 0.29) is 44.5 Å². The maximum Gasteiger partial charge on any atom is 0.232 e. The molecule has 0 amide bonds. The Hall–Kier alpha value is -2.34. The Morgan fingerprint density at radius 2 is 1.71 bits per heavy atom. The van der Waals surface area contributed by atoms with Crippen LogP contribution in [0.2, 0.25) is 0 Å². The molecular weight excluding hydrogens is 522 g/mol. The molecule has 0 unspecified atom stereocenters. The van der Waals surface area contributed by atoms with Crippen LogP contribution < -0.4 is 0 Å². The van der Waals surface area contributed by atoms with Crippen LogP contribution in [0.15, 0.2) is 40.7 Å². The van der Waals surface area contributed by atoms with Gasteiger partial charge < -0.3 is 9.63 Å². The largest absolute Gasteiger partial charge is 0.393 e. The SMILES string of the molecule is CC1(C)[C@@H](O)CC[C@]2(C)[C@H]3C(=O)C=C4[C@@H]5C[C@@](C)(c6nc(-c7cccnc7)no6)CC[C@]5(C)CC[C@@]4(C)[C@]3(C)CC[C@@H]12. The molecule has 5 aliphatic carbocycles. The minimum atomic E-state index is -0.293. The van der Waals surface area contributed by atoms with Gasteiger partial charge >= 0.3 is 0 Å². The van der Waals surface area contributed by atoms with Crippen LogP contribution in [0.3, 0.4) is 0 Å². The van der Waals surface area contributed by atoms with Crippen molar-refractivity contribution in [1.29, 1.82) is 0 Å². The Kier molecular flexibility index (Phi) is 6.00. The molecule has 226 valence electrons. The molecule has 2 heterocycles. The number of hydrogen-bond donors (Lipinski definition) is 1. The van der Waals surface area contributed by atoms with Gasteiger partial charge in [-0.05, 0) is 115 Å². The molecule has 0 aromatic carbocycles. The van der Waals surface area contributed by atoms with Gasteiger partial charge in [-0.3, -0.25) is 9.78 Å². The summed E-state index contributed by atoms with van der Waals surface area (Å²) in [4.78, 5) is 23.7. The van der Waals surface area contributed by atoms with Gasteiger partial charge in [-0.1, -0.05) is 59.2 Å². The summed E-state index contributed by atoms with van der Waals surface area (Å²) in [5.41, 5.74) is 1.80. The second kappa shape index (κ2) is 8.86. The number of carbonyl (C=O) groups excluding carboxylic acids is 1. The van der Waals surface area contributed by atoms with Crippen LogP contribution in [0.25, 0.3) is 11.4 Å². The molecule has 6 nitrogen and oxygen atoms in total. The van der Waals surface area contributed by atoms with Gasteiger partial charge in [-0.2, -0.15) is 4.98 Å². The third-order valence-corrected chi connectivity index (χ3v) is 14.4. The molecular formula is C36H49N3O3. The lowest BCUT2D eigenvalue weighted by molar-refractivity contribution is -0.201. The van der Waals surface area contributed by atoms with Crippen LogP contribution in [-0.2, 0) is 10.2 Å². The summed E-state index contributed by atoms with van der Waals surface area (Å²) in [6, 6.07) is 3.86. The summed E-state index contributed by atoms with van der Waals surface area (Å²) in [5, 5.41) is 15.4. The summed E-state index contributed by atoms with van der Waals surface area (Å²) in [6.07, 6.45) is 14.6.